The van der Waals surface area contributed by atoms with E-state index < -0.39 is 11.4 Å². The molecule has 0 fully saturated rings. The summed E-state index contributed by atoms with van der Waals surface area (Å²) in [5.41, 5.74) is 12.5. The first-order valence-corrected chi connectivity index (χ1v) is 7.65. The fraction of sp³-hybridized carbons (Fsp3) is 0.211. The molecule has 2 aromatic carbocycles. The molecule has 0 aliphatic carbocycles. The molecule has 0 aliphatic rings. The Labute approximate surface area is 140 Å². The lowest BCUT2D eigenvalue weighted by Gasteiger charge is -2.19. The van der Waals surface area contributed by atoms with Gasteiger partial charge in [-0.15, -0.1) is 0 Å². The molecule has 0 saturated carbocycles. The minimum atomic E-state index is -0.416. The molecule has 126 valence electrons. The lowest BCUT2D eigenvalue weighted by molar-refractivity contribution is 0.554. The number of benzene rings is 2. The van der Waals surface area contributed by atoms with Gasteiger partial charge in [-0.2, -0.15) is 0 Å². The smallest absolute Gasteiger partial charge is 0.256 e. The topological polar surface area (TPSA) is 84.9 Å². The van der Waals surface area contributed by atoms with Crippen molar-refractivity contribution in [2.75, 3.05) is 7.05 Å². The molecule has 0 atom stereocenters. The van der Waals surface area contributed by atoms with Gasteiger partial charge in [-0.25, -0.2) is 4.39 Å². The summed E-state index contributed by atoms with van der Waals surface area (Å²) in [5, 5.41) is 1.06. The monoisotopic (exact) mass is 327 g/mol. The van der Waals surface area contributed by atoms with Gasteiger partial charge in [-0.3, -0.25) is 4.79 Å². The number of hydrogen-bond acceptors (Lipinski definition) is 3. The molecule has 1 heterocycles. The van der Waals surface area contributed by atoms with Crippen molar-refractivity contribution in [3.63, 3.8) is 0 Å². The lowest BCUT2D eigenvalue weighted by atomic mass is 9.94. The summed E-state index contributed by atoms with van der Waals surface area (Å²) in [7, 11) is 1.50. The largest absolute Gasteiger partial charge is 0.333 e. The van der Waals surface area contributed by atoms with E-state index in [0.29, 0.717) is 16.5 Å². The Balaban J connectivity index is 0.00000100. The highest BCUT2D eigenvalue weighted by Crippen LogP contribution is 2.23. The molecule has 24 heavy (non-hydrogen) atoms. The number of rotatable bonds is 2. The minimum Gasteiger partial charge on any atom is -0.333 e. The number of halogens is 1. The van der Waals surface area contributed by atoms with E-state index in [1.54, 1.807) is 6.07 Å². The van der Waals surface area contributed by atoms with Crippen LogP contribution in [0.5, 0.6) is 0 Å². The molecule has 0 radical (unpaired) electrons. The van der Waals surface area contributed by atoms with Crippen LogP contribution in [0.15, 0.2) is 53.3 Å². The highest BCUT2D eigenvalue weighted by atomic mass is 19.1. The molecule has 1 aromatic heterocycles. The van der Waals surface area contributed by atoms with E-state index in [1.165, 1.54) is 19.2 Å². The first kappa shape index (κ1) is 17.8. The second-order valence-electron chi connectivity index (χ2n) is 6.04. The van der Waals surface area contributed by atoms with Gasteiger partial charge in [-0.05, 0) is 55.6 Å². The second-order valence-corrected chi connectivity index (χ2v) is 6.04. The molecule has 3 rings (SSSR count). The number of nitrogens with one attached hydrogen (secondary N) is 1. The van der Waals surface area contributed by atoms with E-state index in [9.17, 15) is 9.18 Å². The van der Waals surface area contributed by atoms with Crippen LogP contribution in [0.1, 0.15) is 19.4 Å². The van der Waals surface area contributed by atoms with Crippen LogP contribution in [-0.2, 0) is 5.54 Å². The molecule has 4 nitrogen and oxygen atoms in total. The molecule has 0 amide bonds. The van der Waals surface area contributed by atoms with Crippen molar-refractivity contribution in [1.29, 1.82) is 0 Å². The number of aromatic amines is 1. The van der Waals surface area contributed by atoms with Crippen molar-refractivity contribution in [3.8, 4) is 11.3 Å². The molecule has 0 bridgehead atoms. The maximum absolute atomic E-state index is 13.2. The van der Waals surface area contributed by atoms with Crippen LogP contribution in [0.25, 0.3) is 22.0 Å². The molecule has 0 aliphatic heterocycles. The molecule has 5 N–H and O–H groups in total. The van der Waals surface area contributed by atoms with Gasteiger partial charge in [0.25, 0.3) is 5.56 Å². The van der Waals surface area contributed by atoms with Gasteiger partial charge in [0.15, 0.2) is 0 Å². The average molecular weight is 327 g/mol. The van der Waals surface area contributed by atoms with Crippen LogP contribution < -0.4 is 17.0 Å². The van der Waals surface area contributed by atoms with Crippen LogP contribution >= 0.6 is 0 Å². The van der Waals surface area contributed by atoms with Gasteiger partial charge in [-0.1, -0.05) is 30.3 Å². The third kappa shape index (κ3) is 3.69. The Kier molecular flexibility index (Phi) is 5.17. The van der Waals surface area contributed by atoms with Gasteiger partial charge in [0.2, 0.25) is 0 Å². The molecule has 0 spiro atoms. The van der Waals surface area contributed by atoms with Gasteiger partial charge in [0, 0.05) is 16.6 Å². The first-order valence-electron chi connectivity index (χ1n) is 7.65. The Morgan fingerprint density at radius 1 is 1.00 bits per heavy atom. The van der Waals surface area contributed by atoms with Crippen molar-refractivity contribution in [2.24, 2.45) is 11.5 Å². The van der Waals surface area contributed by atoms with Crippen LogP contribution in [0.4, 0.5) is 4.39 Å². The fourth-order valence-electron chi connectivity index (χ4n) is 2.47. The maximum Gasteiger partial charge on any atom is 0.256 e. The number of hydrogen-bond donors (Lipinski definition) is 3. The third-order valence-electron chi connectivity index (χ3n) is 3.75. The predicted octanol–water partition coefficient (Wildman–Crippen LogP) is 3.10. The number of nitrogens with two attached hydrogens (primary N) is 2. The summed E-state index contributed by atoms with van der Waals surface area (Å²) in [6.45, 7) is 3.88. The van der Waals surface area contributed by atoms with Crippen LogP contribution in [0.3, 0.4) is 0 Å². The summed E-state index contributed by atoms with van der Waals surface area (Å²) in [5.74, 6) is -0.416. The summed E-state index contributed by atoms with van der Waals surface area (Å²) >= 11 is 0. The van der Waals surface area contributed by atoms with E-state index in [2.05, 4.69) is 10.7 Å². The zero-order chi connectivity index (χ0) is 17.9. The summed E-state index contributed by atoms with van der Waals surface area (Å²) < 4.78 is 13.2. The van der Waals surface area contributed by atoms with Gasteiger partial charge < -0.3 is 16.5 Å². The Bertz CT molecular complexity index is 893. The van der Waals surface area contributed by atoms with Gasteiger partial charge >= 0.3 is 0 Å². The highest BCUT2D eigenvalue weighted by molar-refractivity contribution is 5.85. The number of pyridine rings is 1. The van der Waals surface area contributed by atoms with Crippen molar-refractivity contribution in [2.45, 2.75) is 19.4 Å². The van der Waals surface area contributed by atoms with Gasteiger partial charge in [0.1, 0.15) is 5.82 Å². The highest BCUT2D eigenvalue weighted by Gasteiger charge is 2.14. The van der Waals surface area contributed by atoms with E-state index in [-0.39, 0.29) is 5.56 Å². The van der Waals surface area contributed by atoms with E-state index in [0.717, 1.165) is 11.1 Å². The quantitative estimate of drug-likeness (QED) is 0.676. The first-order chi connectivity index (χ1) is 11.3. The molecular formula is C19H22FN3O. The SMILES string of the molecule is CC(C)(N)c1ccc(-c2cc3ccc(F)cc3c(=O)[nH]2)cc1.CN. The molecular weight excluding hydrogens is 305 g/mol. The third-order valence-corrected chi connectivity index (χ3v) is 3.75. The zero-order valence-electron chi connectivity index (χ0n) is 14.1. The van der Waals surface area contributed by atoms with E-state index in [1.807, 2.05) is 44.2 Å². The Hall–Kier alpha value is -2.50. The Morgan fingerprint density at radius 3 is 2.21 bits per heavy atom. The van der Waals surface area contributed by atoms with E-state index in [4.69, 9.17) is 5.73 Å². The number of aromatic nitrogens is 1. The molecule has 0 saturated heterocycles. The van der Waals surface area contributed by atoms with Crippen molar-refractivity contribution < 1.29 is 4.39 Å². The van der Waals surface area contributed by atoms with Gasteiger partial charge in [0.05, 0.1) is 0 Å². The normalized spacial score (nSPS) is 11.1. The van der Waals surface area contributed by atoms with Crippen molar-refractivity contribution >= 4 is 10.8 Å². The summed E-state index contributed by atoms with van der Waals surface area (Å²) in [6.07, 6.45) is 0. The molecule has 0 unspecified atom stereocenters. The second kappa shape index (κ2) is 6.95. The fourth-order valence-corrected chi connectivity index (χ4v) is 2.47. The molecule has 3 aromatic rings. The Morgan fingerprint density at radius 2 is 1.62 bits per heavy atom. The van der Waals surface area contributed by atoms with Crippen LogP contribution in [-0.4, -0.2) is 12.0 Å². The number of fused-ring (bicyclic) bond motifs is 1. The standard InChI is InChI=1S/C18H17FN2O.CH5N/c1-18(2,20)13-6-3-11(4-7-13)16-9-12-5-8-14(19)10-15(12)17(22)21-16;1-2/h3-10H,20H2,1-2H3,(H,21,22);2H2,1H3. The summed E-state index contributed by atoms with van der Waals surface area (Å²) in [6, 6.07) is 13.8. The van der Waals surface area contributed by atoms with Crippen LogP contribution in [0, 0.1) is 5.82 Å². The maximum atomic E-state index is 13.2. The number of H-pyrrole nitrogens is 1. The lowest BCUT2D eigenvalue weighted by Crippen LogP contribution is -2.28. The zero-order valence-corrected chi connectivity index (χ0v) is 14.1. The molecule has 5 heteroatoms. The van der Waals surface area contributed by atoms with Crippen molar-refractivity contribution in [1.82, 2.24) is 4.98 Å². The summed E-state index contributed by atoms with van der Waals surface area (Å²) in [4.78, 5) is 14.9. The van der Waals surface area contributed by atoms with Crippen molar-refractivity contribution in [3.05, 3.63) is 70.3 Å². The predicted molar refractivity (Wildman–Crippen MR) is 97.3 cm³/mol. The average Bonchev–Trinajstić information content (AvgIpc) is 2.56. The van der Waals surface area contributed by atoms with E-state index >= 15 is 0 Å². The van der Waals surface area contributed by atoms with Crippen LogP contribution in [0.2, 0.25) is 0 Å². The minimum absolute atomic E-state index is 0.296.